The first kappa shape index (κ1) is 12.2. The fourth-order valence-electron chi connectivity index (χ4n) is 1.38. The van der Waals surface area contributed by atoms with Crippen LogP contribution in [0.5, 0.6) is 0 Å². The summed E-state index contributed by atoms with van der Waals surface area (Å²) < 4.78 is 0. The van der Waals surface area contributed by atoms with Crippen molar-refractivity contribution in [3.8, 4) is 11.3 Å². The number of aromatic carboxylic acids is 1. The van der Waals surface area contributed by atoms with E-state index < -0.39 is 5.97 Å². The van der Waals surface area contributed by atoms with Gasteiger partial charge in [0.15, 0.2) is 6.29 Å². The summed E-state index contributed by atoms with van der Waals surface area (Å²) in [5, 5.41) is 9.01. The Bertz CT molecular complexity index is 611. The highest BCUT2D eigenvalue weighted by Gasteiger charge is 2.10. The summed E-state index contributed by atoms with van der Waals surface area (Å²) in [7, 11) is 0. The molecule has 0 unspecified atom stereocenters. The van der Waals surface area contributed by atoms with Crippen LogP contribution >= 0.6 is 11.6 Å². The zero-order chi connectivity index (χ0) is 13.1. The third-order valence-corrected chi connectivity index (χ3v) is 2.56. The van der Waals surface area contributed by atoms with Crippen molar-refractivity contribution in [3.63, 3.8) is 0 Å². The number of aldehydes is 1. The van der Waals surface area contributed by atoms with Gasteiger partial charge in [-0.05, 0) is 18.2 Å². The average molecular weight is 263 g/mol. The van der Waals surface area contributed by atoms with Crippen LogP contribution in [-0.2, 0) is 0 Å². The van der Waals surface area contributed by atoms with Gasteiger partial charge in [0.05, 0.1) is 16.3 Å². The molecular weight excluding hydrogens is 256 g/mol. The minimum Gasteiger partial charge on any atom is -0.478 e. The van der Waals surface area contributed by atoms with Crippen molar-refractivity contribution in [1.82, 2.24) is 9.97 Å². The molecule has 2 aromatic heterocycles. The lowest BCUT2D eigenvalue weighted by Gasteiger charge is -2.04. The molecule has 0 aromatic carbocycles. The minimum atomic E-state index is -1.09. The van der Waals surface area contributed by atoms with Gasteiger partial charge >= 0.3 is 5.97 Å². The largest absolute Gasteiger partial charge is 0.478 e. The zero-order valence-corrected chi connectivity index (χ0v) is 9.76. The SMILES string of the molecule is O=Cc1ccc(-c2ncc(C(=O)O)cc2Cl)cn1. The summed E-state index contributed by atoms with van der Waals surface area (Å²) in [6.45, 7) is 0. The minimum absolute atomic E-state index is 0.0150. The number of pyridine rings is 2. The molecular formula is C12H7ClN2O3. The predicted molar refractivity (Wildman–Crippen MR) is 64.8 cm³/mol. The van der Waals surface area contributed by atoms with Crippen LogP contribution in [0.4, 0.5) is 0 Å². The predicted octanol–water partition coefficient (Wildman–Crippen LogP) is 2.31. The van der Waals surface area contributed by atoms with E-state index in [4.69, 9.17) is 16.7 Å². The molecule has 0 aliphatic carbocycles. The fourth-order valence-corrected chi connectivity index (χ4v) is 1.66. The Morgan fingerprint density at radius 2 is 2.06 bits per heavy atom. The van der Waals surface area contributed by atoms with E-state index in [0.717, 1.165) is 0 Å². The smallest absolute Gasteiger partial charge is 0.337 e. The van der Waals surface area contributed by atoms with Gasteiger partial charge in [-0.3, -0.25) is 14.8 Å². The molecule has 6 heteroatoms. The quantitative estimate of drug-likeness (QED) is 0.859. The Labute approximate surface area is 107 Å². The lowest BCUT2D eigenvalue weighted by molar-refractivity contribution is 0.0696. The van der Waals surface area contributed by atoms with Crippen molar-refractivity contribution < 1.29 is 14.7 Å². The molecule has 5 nitrogen and oxygen atoms in total. The standard InChI is InChI=1S/C12H7ClN2O3/c13-10-3-8(12(17)18)5-15-11(10)7-1-2-9(6-16)14-4-7/h1-6H,(H,17,18). The van der Waals surface area contributed by atoms with Crippen LogP contribution < -0.4 is 0 Å². The first-order valence-electron chi connectivity index (χ1n) is 4.92. The van der Waals surface area contributed by atoms with Crippen molar-refractivity contribution in [2.45, 2.75) is 0 Å². The number of hydrogen-bond donors (Lipinski definition) is 1. The summed E-state index contributed by atoms with van der Waals surface area (Å²) >= 11 is 5.96. The molecule has 0 aliphatic rings. The van der Waals surface area contributed by atoms with Crippen LogP contribution in [0.25, 0.3) is 11.3 Å². The van der Waals surface area contributed by atoms with Gasteiger partial charge in [0, 0.05) is 18.0 Å². The third-order valence-electron chi connectivity index (χ3n) is 2.27. The van der Waals surface area contributed by atoms with Gasteiger partial charge in [-0.2, -0.15) is 0 Å². The third kappa shape index (κ3) is 2.36. The maximum absolute atomic E-state index is 10.7. The molecule has 0 bridgehead atoms. The summed E-state index contributed by atoms with van der Waals surface area (Å²) in [6.07, 6.45) is 3.31. The van der Waals surface area contributed by atoms with E-state index >= 15 is 0 Å². The second-order valence-corrected chi connectivity index (χ2v) is 3.86. The Morgan fingerprint density at radius 3 is 2.56 bits per heavy atom. The van der Waals surface area contributed by atoms with Gasteiger partial charge in [-0.1, -0.05) is 11.6 Å². The van der Waals surface area contributed by atoms with Crippen LogP contribution in [0.1, 0.15) is 20.8 Å². The second kappa shape index (κ2) is 4.93. The average Bonchev–Trinajstić information content (AvgIpc) is 2.38. The van der Waals surface area contributed by atoms with Crippen LogP contribution in [0.2, 0.25) is 5.02 Å². The van der Waals surface area contributed by atoms with E-state index in [-0.39, 0.29) is 10.6 Å². The summed E-state index contributed by atoms with van der Waals surface area (Å²) in [6, 6.07) is 4.50. The van der Waals surface area contributed by atoms with Crippen LogP contribution in [0.3, 0.4) is 0 Å². The molecule has 0 amide bonds. The Hall–Kier alpha value is -2.27. The maximum Gasteiger partial charge on any atom is 0.337 e. The van der Waals surface area contributed by atoms with E-state index in [1.54, 1.807) is 6.07 Å². The highest BCUT2D eigenvalue weighted by molar-refractivity contribution is 6.33. The van der Waals surface area contributed by atoms with Crippen LogP contribution in [0.15, 0.2) is 30.6 Å². The second-order valence-electron chi connectivity index (χ2n) is 3.45. The molecule has 0 atom stereocenters. The summed E-state index contributed by atoms with van der Waals surface area (Å²) in [5.41, 5.74) is 1.35. The monoisotopic (exact) mass is 262 g/mol. The number of halogens is 1. The number of rotatable bonds is 3. The highest BCUT2D eigenvalue weighted by atomic mass is 35.5. The number of carbonyl (C=O) groups excluding carboxylic acids is 1. The van der Waals surface area contributed by atoms with Crippen molar-refractivity contribution in [3.05, 3.63) is 46.9 Å². The van der Waals surface area contributed by atoms with Crippen molar-refractivity contribution in [2.75, 3.05) is 0 Å². The number of carboxylic acids is 1. The lowest BCUT2D eigenvalue weighted by Crippen LogP contribution is -1.98. The lowest BCUT2D eigenvalue weighted by atomic mass is 10.1. The van der Waals surface area contributed by atoms with E-state index in [2.05, 4.69) is 9.97 Å². The van der Waals surface area contributed by atoms with Crippen molar-refractivity contribution in [2.24, 2.45) is 0 Å². The Kier molecular flexibility index (Phi) is 3.34. The van der Waals surface area contributed by atoms with Gasteiger partial charge in [-0.15, -0.1) is 0 Å². The number of carboxylic acid groups (broad SMARTS) is 1. The molecule has 2 aromatic rings. The number of hydrogen-bond acceptors (Lipinski definition) is 4. The zero-order valence-electron chi connectivity index (χ0n) is 9.00. The van der Waals surface area contributed by atoms with E-state index in [9.17, 15) is 9.59 Å². The number of nitrogens with zero attached hydrogens (tertiary/aromatic N) is 2. The van der Waals surface area contributed by atoms with E-state index in [1.165, 1.54) is 24.5 Å². The van der Waals surface area contributed by atoms with E-state index in [0.29, 0.717) is 23.2 Å². The topological polar surface area (TPSA) is 80.2 Å². The van der Waals surface area contributed by atoms with Gasteiger partial charge in [0.2, 0.25) is 0 Å². The highest BCUT2D eigenvalue weighted by Crippen LogP contribution is 2.25. The number of aromatic nitrogens is 2. The fraction of sp³-hybridized carbons (Fsp3) is 0. The molecule has 90 valence electrons. The summed E-state index contributed by atoms with van der Waals surface area (Å²) in [4.78, 5) is 29.1. The molecule has 0 saturated carbocycles. The molecule has 18 heavy (non-hydrogen) atoms. The molecule has 0 radical (unpaired) electrons. The molecule has 0 saturated heterocycles. The van der Waals surface area contributed by atoms with Crippen LogP contribution in [-0.4, -0.2) is 27.3 Å². The van der Waals surface area contributed by atoms with Crippen molar-refractivity contribution in [1.29, 1.82) is 0 Å². The van der Waals surface area contributed by atoms with Gasteiger partial charge in [0.1, 0.15) is 5.69 Å². The normalized spacial score (nSPS) is 10.1. The molecule has 1 N–H and O–H groups in total. The van der Waals surface area contributed by atoms with E-state index in [1.807, 2.05) is 0 Å². The van der Waals surface area contributed by atoms with Gasteiger partial charge in [0.25, 0.3) is 0 Å². The van der Waals surface area contributed by atoms with Crippen LogP contribution in [0, 0.1) is 0 Å². The van der Waals surface area contributed by atoms with Gasteiger partial charge < -0.3 is 5.11 Å². The van der Waals surface area contributed by atoms with Crippen molar-refractivity contribution >= 4 is 23.9 Å². The molecule has 0 fully saturated rings. The first-order valence-corrected chi connectivity index (χ1v) is 5.30. The van der Waals surface area contributed by atoms with Gasteiger partial charge in [-0.25, -0.2) is 4.79 Å². The first-order chi connectivity index (χ1) is 8.61. The molecule has 0 aliphatic heterocycles. The molecule has 2 rings (SSSR count). The Morgan fingerprint density at radius 1 is 1.28 bits per heavy atom. The summed E-state index contributed by atoms with van der Waals surface area (Å²) in [5.74, 6) is -1.09. The Balaban J connectivity index is 2.44. The molecule has 0 spiro atoms. The molecule has 2 heterocycles. The number of carbonyl (C=O) groups is 2. The maximum atomic E-state index is 10.7.